The van der Waals surface area contributed by atoms with Crippen LogP contribution in [0.3, 0.4) is 0 Å². The normalized spacial score (nSPS) is 36.3. The molecule has 1 aromatic rings. The zero-order valence-electron chi connectivity index (χ0n) is 12.5. The third-order valence-electron chi connectivity index (χ3n) is 5.48. The lowest BCUT2D eigenvalue weighted by atomic mass is 9.82. The third kappa shape index (κ3) is 3.24. The predicted molar refractivity (Wildman–Crippen MR) is 85.1 cm³/mol. The van der Waals surface area contributed by atoms with Gasteiger partial charge in [0.25, 0.3) is 0 Å². The molecule has 2 aliphatic carbocycles. The van der Waals surface area contributed by atoms with Crippen LogP contribution in [-0.4, -0.2) is 0 Å². The fourth-order valence-electron chi connectivity index (χ4n) is 3.90. The molecule has 0 unspecified atom stereocenters. The molecule has 3 rings (SSSR count). The van der Waals surface area contributed by atoms with E-state index in [1.54, 1.807) is 9.75 Å². The van der Waals surface area contributed by atoms with Gasteiger partial charge in [-0.05, 0) is 61.5 Å². The molecule has 0 saturated heterocycles. The molecule has 0 spiro atoms. The van der Waals surface area contributed by atoms with Crippen molar-refractivity contribution in [3.63, 3.8) is 0 Å². The van der Waals surface area contributed by atoms with E-state index in [0.717, 1.165) is 23.7 Å². The van der Waals surface area contributed by atoms with Gasteiger partial charge >= 0.3 is 0 Å². The second-order valence-electron chi connectivity index (χ2n) is 7.15. The minimum Gasteiger partial charge on any atom is -0.145 e. The summed E-state index contributed by atoms with van der Waals surface area (Å²) in [6.45, 7) is 4.83. The second-order valence-corrected chi connectivity index (χ2v) is 8.30. The first-order valence-corrected chi connectivity index (χ1v) is 9.13. The number of hydrogen-bond acceptors (Lipinski definition) is 1. The van der Waals surface area contributed by atoms with Crippen LogP contribution in [0, 0.1) is 11.8 Å². The van der Waals surface area contributed by atoms with Crippen LogP contribution in [-0.2, 0) is 0 Å². The van der Waals surface area contributed by atoms with Crippen molar-refractivity contribution in [1.29, 1.82) is 0 Å². The van der Waals surface area contributed by atoms with Gasteiger partial charge < -0.3 is 0 Å². The summed E-state index contributed by atoms with van der Waals surface area (Å²) in [5.74, 6) is 3.71. The van der Waals surface area contributed by atoms with E-state index in [0.29, 0.717) is 0 Å². The van der Waals surface area contributed by atoms with Crippen LogP contribution in [0.4, 0.5) is 0 Å². The van der Waals surface area contributed by atoms with Crippen LogP contribution >= 0.6 is 11.3 Å². The maximum atomic E-state index is 2.46. The topological polar surface area (TPSA) is 0 Å². The van der Waals surface area contributed by atoms with Crippen molar-refractivity contribution < 1.29 is 0 Å². The van der Waals surface area contributed by atoms with Gasteiger partial charge in [-0.2, -0.15) is 0 Å². The highest BCUT2D eigenvalue weighted by Gasteiger charge is 2.24. The molecule has 0 bridgehead atoms. The number of rotatable bonds is 2. The van der Waals surface area contributed by atoms with Crippen molar-refractivity contribution in [2.45, 2.75) is 77.0 Å². The maximum Gasteiger partial charge on any atom is 0.00792 e. The van der Waals surface area contributed by atoms with Gasteiger partial charge in [0.05, 0.1) is 0 Å². The molecule has 0 aliphatic heterocycles. The van der Waals surface area contributed by atoms with Gasteiger partial charge in [-0.15, -0.1) is 11.3 Å². The van der Waals surface area contributed by atoms with E-state index in [2.05, 4.69) is 37.3 Å². The van der Waals surface area contributed by atoms with Gasteiger partial charge in [-0.1, -0.05) is 39.5 Å². The average Bonchev–Trinajstić information content (AvgIpc) is 2.90. The van der Waals surface area contributed by atoms with Gasteiger partial charge in [-0.3, -0.25) is 0 Å². The SMILES string of the molecule is CC1CCC(c2ccc(C3CCC(C)CC3)s2)CC1. The lowest BCUT2D eigenvalue weighted by molar-refractivity contribution is 0.350. The predicted octanol–water partition coefficient (Wildman–Crippen LogP) is 6.34. The fourth-order valence-corrected chi connectivity index (χ4v) is 5.25. The first kappa shape index (κ1) is 13.7. The van der Waals surface area contributed by atoms with Crippen LogP contribution < -0.4 is 0 Å². The molecule has 2 fully saturated rings. The van der Waals surface area contributed by atoms with Gasteiger partial charge in [0.15, 0.2) is 0 Å². The summed E-state index contributed by atoms with van der Waals surface area (Å²) < 4.78 is 0. The molecule has 2 saturated carbocycles. The summed E-state index contributed by atoms with van der Waals surface area (Å²) in [5, 5.41) is 0. The molecule has 1 heteroatoms. The van der Waals surface area contributed by atoms with Gasteiger partial charge in [0, 0.05) is 9.75 Å². The first-order chi connectivity index (χ1) is 9.22. The standard InChI is InChI=1S/C18H28S/c1-13-3-7-15(8-4-13)17-11-12-18(19-17)16-9-5-14(2)6-10-16/h11-16H,3-10H2,1-2H3. The van der Waals surface area contributed by atoms with E-state index in [-0.39, 0.29) is 0 Å². The largest absolute Gasteiger partial charge is 0.145 e. The summed E-state index contributed by atoms with van der Waals surface area (Å²) in [6, 6.07) is 4.91. The molecule has 0 N–H and O–H groups in total. The zero-order chi connectivity index (χ0) is 13.2. The van der Waals surface area contributed by atoms with Crippen molar-refractivity contribution in [2.24, 2.45) is 11.8 Å². The van der Waals surface area contributed by atoms with E-state index in [1.165, 1.54) is 51.4 Å². The van der Waals surface area contributed by atoms with E-state index in [4.69, 9.17) is 0 Å². The Bertz CT molecular complexity index is 353. The van der Waals surface area contributed by atoms with Gasteiger partial charge in [0.2, 0.25) is 0 Å². The highest BCUT2D eigenvalue weighted by atomic mass is 32.1. The molecule has 0 radical (unpaired) electrons. The first-order valence-electron chi connectivity index (χ1n) is 8.32. The molecule has 1 heterocycles. The Morgan fingerprint density at radius 3 is 1.42 bits per heavy atom. The Balaban J connectivity index is 1.63. The Labute approximate surface area is 122 Å². The van der Waals surface area contributed by atoms with Crippen molar-refractivity contribution in [1.82, 2.24) is 0 Å². The smallest absolute Gasteiger partial charge is 0.00792 e. The van der Waals surface area contributed by atoms with Crippen LogP contribution in [0.1, 0.15) is 86.8 Å². The fraction of sp³-hybridized carbons (Fsp3) is 0.778. The number of hydrogen-bond donors (Lipinski definition) is 0. The van der Waals surface area contributed by atoms with Crippen molar-refractivity contribution in [3.05, 3.63) is 21.9 Å². The minimum absolute atomic E-state index is 0.887. The van der Waals surface area contributed by atoms with Crippen LogP contribution in [0.5, 0.6) is 0 Å². The van der Waals surface area contributed by atoms with E-state index >= 15 is 0 Å². The summed E-state index contributed by atoms with van der Waals surface area (Å²) in [5.41, 5.74) is 0. The van der Waals surface area contributed by atoms with Gasteiger partial charge in [-0.25, -0.2) is 0 Å². The molecule has 106 valence electrons. The average molecular weight is 276 g/mol. The lowest BCUT2D eigenvalue weighted by Crippen LogP contribution is -2.10. The quantitative estimate of drug-likeness (QED) is 0.591. The third-order valence-corrected chi connectivity index (χ3v) is 6.89. The highest BCUT2D eigenvalue weighted by molar-refractivity contribution is 7.12. The van der Waals surface area contributed by atoms with Crippen LogP contribution in [0.2, 0.25) is 0 Å². The Kier molecular flexibility index (Phi) is 4.31. The van der Waals surface area contributed by atoms with E-state index < -0.39 is 0 Å². The summed E-state index contributed by atoms with van der Waals surface area (Å²) in [4.78, 5) is 3.39. The van der Waals surface area contributed by atoms with Crippen molar-refractivity contribution in [3.8, 4) is 0 Å². The highest BCUT2D eigenvalue weighted by Crippen LogP contribution is 2.43. The molecule has 19 heavy (non-hydrogen) atoms. The Morgan fingerprint density at radius 1 is 0.684 bits per heavy atom. The van der Waals surface area contributed by atoms with Crippen LogP contribution in [0.25, 0.3) is 0 Å². The zero-order valence-corrected chi connectivity index (χ0v) is 13.3. The molecular formula is C18H28S. The summed E-state index contributed by atoms with van der Waals surface area (Å²) in [6.07, 6.45) is 11.5. The maximum absolute atomic E-state index is 2.46. The molecule has 1 aromatic heterocycles. The van der Waals surface area contributed by atoms with Crippen molar-refractivity contribution >= 4 is 11.3 Å². The monoisotopic (exact) mass is 276 g/mol. The lowest BCUT2D eigenvalue weighted by Gasteiger charge is -2.26. The molecule has 0 atom stereocenters. The molecule has 0 aromatic carbocycles. The van der Waals surface area contributed by atoms with Crippen LogP contribution in [0.15, 0.2) is 12.1 Å². The summed E-state index contributed by atoms with van der Waals surface area (Å²) in [7, 11) is 0. The molecule has 0 amide bonds. The summed E-state index contributed by atoms with van der Waals surface area (Å²) >= 11 is 2.15. The van der Waals surface area contributed by atoms with Crippen molar-refractivity contribution in [2.75, 3.05) is 0 Å². The molecule has 2 aliphatic rings. The molecule has 0 nitrogen and oxygen atoms in total. The minimum atomic E-state index is 0.887. The molecular weight excluding hydrogens is 248 g/mol. The number of thiophene rings is 1. The Morgan fingerprint density at radius 2 is 1.05 bits per heavy atom. The second kappa shape index (κ2) is 5.99. The van der Waals surface area contributed by atoms with E-state index in [1.807, 2.05) is 0 Å². The Hall–Kier alpha value is -0.300. The van der Waals surface area contributed by atoms with Gasteiger partial charge in [0.1, 0.15) is 0 Å². The van der Waals surface area contributed by atoms with E-state index in [9.17, 15) is 0 Å².